The lowest BCUT2D eigenvalue weighted by Crippen LogP contribution is -2.36. The minimum absolute atomic E-state index is 0.119. The smallest absolute Gasteiger partial charge is 0.257 e. The molecule has 138 valence electrons. The first-order valence-corrected chi connectivity index (χ1v) is 10.7. The predicted octanol–water partition coefficient (Wildman–Crippen LogP) is 3.14. The van der Waals surface area contributed by atoms with Crippen molar-refractivity contribution in [2.75, 3.05) is 11.9 Å². The van der Waals surface area contributed by atoms with Crippen LogP contribution in [-0.2, 0) is 23.0 Å². The van der Waals surface area contributed by atoms with Gasteiger partial charge in [-0.05, 0) is 35.7 Å². The third kappa shape index (κ3) is 3.64. The van der Waals surface area contributed by atoms with E-state index in [2.05, 4.69) is 10.3 Å². The molecule has 2 aromatic carbocycles. The molecule has 1 aliphatic rings. The van der Waals surface area contributed by atoms with Crippen molar-refractivity contribution in [3.63, 3.8) is 0 Å². The summed E-state index contributed by atoms with van der Waals surface area (Å²) in [6, 6.07) is 14.0. The van der Waals surface area contributed by atoms with Crippen LogP contribution in [-0.4, -0.2) is 30.2 Å². The fourth-order valence-electron chi connectivity index (χ4n) is 3.08. The van der Waals surface area contributed by atoms with Crippen molar-refractivity contribution in [1.82, 2.24) is 9.29 Å². The van der Waals surface area contributed by atoms with Crippen LogP contribution in [0.25, 0.3) is 0 Å². The maximum Gasteiger partial charge on any atom is 0.257 e. The van der Waals surface area contributed by atoms with Gasteiger partial charge in [0.05, 0.1) is 4.90 Å². The number of anilines is 1. The lowest BCUT2D eigenvalue weighted by atomic mass is 10.0. The van der Waals surface area contributed by atoms with Gasteiger partial charge in [0, 0.05) is 30.2 Å². The quantitative estimate of drug-likeness (QED) is 0.731. The number of nitrogens with one attached hydrogen (secondary N) is 1. The van der Waals surface area contributed by atoms with E-state index >= 15 is 0 Å². The topological polar surface area (TPSA) is 79.4 Å². The van der Waals surface area contributed by atoms with E-state index in [9.17, 15) is 13.2 Å². The van der Waals surface area contributed by atoms with Crippen LogP contribution in [0.2, 0.25) is 0 Å². The van der Waals surface area contributed by atoms with Crippen molar-refractivity contribution in [3.8, 4) is 0 Å². The fourth-order valence-corrected chi connectivity index (χ4v) is 5.07. The van der Waals surface area contributed by atoms with E-state index in [4.69, 9.17) is 0 Å². The molecule has 0 saturated carbocycles. The Morgan fingerprint density at radius 3 is 2.70 bits per heavy atom. The highest BCUT2D eigenvalue weighted by Crippen LogP contribution is 2.25. The Balaban J connectivity index is 1.58. The lowest BCUT2D eigenvalue weighted by molar-refractivity contribution is 0.102. The number of hydrogen-bond acceptors (Lipinski definition) is 5. The predicted molar refractivity (Wildman–Crippen MR) is 104 cm³/mol. The second-order valence-electron chi connectivity index (χ2n) is 6.18. The van der Waals surface area contributed by atoms with Crippen molar-refractivity contribution in [1.29, 1.82) is 0 Å². The van der Waals surface area contributed by atoms with Crippen LogP contribution < -0.4 is 5.32 Å². The average Bonchev–Trinajstić information content (AvgIpc) is 3.20. The van der Waals surface area contributed by atoms with Gasteiger partial charge in [0.15, 0.2) is 5.13 Å². The number of hydrogen-bond donors (Lipinski definition) is 1. The van der Waals surface area contributed by atoms with Crippen molar-refractivity contribution in [2.45, 2.75) is 17.9 Å². The number of aromatic nitrogens is 1. The van der Waals surface area contributed by atoms with Crippen LogP contribution in [0.15, 0.2) is 65.0 Å². The van der Waals surface area contributed by atoms with Gasteiger partial charge in [0.1, 0.15) is 0 Å². The maximum atomic E-state index is 13.1. The molecule has 8 heteroatoms. The third-order valence-electron chi connectivity index (χ3n) is 4.48. The Bertz CT molecular complexity index is 1080. The summed E-state index contributed by atoms with van der Waals surface area (Å²) in [6.07, 6.45) is 2.27. The number of amides is 1. The van der Waals surface area contributed by atoms with Gasteiger partial charge in [0.2, 0.25) is 10.0 Å². The zero-order valence-corrected chi connectivity index (χ0v) is 16.0. The van der Waals surface area contributed by atoms with Gasteiger partial charge in [-0.25, -0.2) is 13.4 Å². The largest absolute Gasteiger partial charge is 0.298 e. The molecule has 4 rings (SSSR count). The molecule has 27 heavy (non-hydrogen) atoms. The van der Waals surface area contributed by atoms with E-state index in [0.29, 0.717) is 24.6 Å². The first-order chi connectivity index (χ1) is 13.0. The highest BCUT2D eigenvalue weighted by atomic mass is 32.2. The first kappa shape index (κ1) is 17.8. The second kappa shape index (κ2) is 7.22. The number of carbonyl (C=O) groups is 1. The zero-order chi connectivity index (χ0) is 18.9. The minimum Gasteiger partial charge on any atom is -0.298 e. The molecule has 0 atom stereocenters. The molecular weight excluding hydrogens is 382 g/mol. The van der Waals surface area contributed by atoms with Gasteiger partial charge >= 0.3 is 0 Å². The molecule has 6 nitrogen and oxygen atoms in total. The molecule has 1 N–H and O–H groups in total. The normalized spacial score (nSPS) is 14.5. The first-order valence-electron chi connectivity index (χ1n) is 8.42. The Morgan fingerprint density at radius 1 is 1.11 bits per heavy atom. The van der Waals surface area contributed by atoms with Crippen molar-refractivity contribution < 1.29 is 13.2 Å². The summed E-state index contributed by atoms with van der Waals surface area (Å²) in [5.41, 5.74) is 2.48. The summed E-state index contributed by atoms with van der Waals surface area (Å²) in [5, 5.41) is 4.90. The number of sulfonamides is 1. The van der Waals surface area contributed by atoms with Crippen molar-refractivity contribution in [2.24, 2.45) is 0 Å². The number of rotatable bonds is 4. The molecule has 1 aromatic heterocycles. The van der Waals surface area contributed by atoms with Crippen molar-refractivity contribution in [3.05, 3.63) is 76.8 Å². The summed E-state index contributed by atoms with van der Waals surface area (Å²) < 4.78 is 27.6. The fraction of sp³-hybridized carbons (Fsp3) is 0.158. The van der Waals surface area contributed by atoms with Gasteiger partial charge in [0.25, 0.3) is 5.91 Å². The summed E-state index contributed by atoms with van der Waals surface area (Å²) in [5.74, 6) is -0.383. The van der Waals surface area contributed by atoms with Crippen LogP contribution >= 0.6 is 11.3 Å². The molecule has 0 saturated heterocycles. The minimum atomic E-state index is -3.68. The van der Waals surface area contributed by atoms with E-state index in [0.717, 1.165) is 5.56 Å². The van der Waals surface area contributed by atoms with E-state index in [1.807, 2.05) is 24.3 Å². The molecule has 0 spiro atoms. The molecule has 0 radical (unpaired) electrons. The molecule has 0 aliphatic carbocycles. The highest BCUT2D eigenvalue weighted by Gasteiger charge is 2.28. The van der Waals surface area contributed by atoms with Crippen LogP contribution in [0.1, 0.15) is 21.5 Å². The third-order valence-corrected chi connectivity index (χ3v) is 7.01. The molecule has 0 fully saturated rings. The van der Waals surface area contributed by atoms with Gasteiger partial charge in [-0.2, -0.15) is 4.31 Å². The summed E-state index contributed by atoms with van der Waals surface area (Å²) in [6.45, 7) is 0.767. The lowest BCUT2D eigenvalue weighted by Gasteiger charge is -2.28. The van der Waals surface area contributed by atoms with Gasteiger partial charge in [-0.1, -0.05) is 30.3 Å². The van der Waals surface area contributed by atoms with Crippen LogP contribution in [0.5, 0.6) is 0 Å². The van der Waals surface area contributed by atoms with Gasteiger partial charge < -0.3 is 0 Å². The number of nitrogens with zero attached hydrogens (tertiary/aromatic N) is 2. The van der Waals surface area contributed by atoms with Crippen LogP contribution in [0.4, 0.5) is 5.13 Å². The summed E-state index contributed by atoms with van der Waals surface area (Å²) in [4.78, 5) is 16.5. The van der Waals surface area contributed by atoms with E-state index in [1.165, 1.54) is 33.3 Å². The molecule has 2 heterocycles. The molecular formula is C19H17N3O3S2. The van der Waals surface area contributed by atoms with Crippen molar-refractivity contribution >= 4 is 32.4 Å². The Hall–Kier alpha value is -2.55. The van der Waals surface area contributed by atoms with E-state index in [1.54, 1.807) is 23.7 Å². The Kier molecular flexibility index (Phi) is 4.77. The molecule has 0 unspecified atom stereocenters. The number of fused-ring (bicyclic) bond motifs is 1. The SMILES string of the molecule is O=C(Nc1nccs1)c1cccc(S(=O)(=O)N2CCc3ccccc3C2)c1. The molecule has 0 bridgehead atoms. The maximum absolute atomic E-state index is 13.1. The summed E-state index contributed by atoms with van der Waals surface area (Å²) >= 11 is 1.30. The Labute approximate surface area is 161 Å². The molecule has 3 aromatic rings. The molecule has 1 amide bonds. The van der Waals surface area contributed by atoms with Crippen LogP contribution in [0.3, 0.4) is 0 Å². The standard InChI is InChI=1S/C19H17N3O3S2/c23-18(21-19-20-9-11-26-19)15-6-3-7-17(12-15)27(24,25)22-10-8-14-4-1-2-5-16(14)13-22/h1-7,9,11-12H,8,10,13H2,(H,20,21,23). The number of benzene rings is 2. The van der Waals surface area contributed by atoms with Gasteiger partial charge in [-0.15, -0.1) is 11.3 Å². The zero-order valence-electron chi connectivity index (χ0n) is 14.3. The second-order valence-corrected chi connectivity index (χ2v) is 9.01. The highest BCUT2D eigenvalue weighted by molar-refractivity contribution is 7.89. The van der Waals surface area contributed by atoms with E-state index < -0.39 is 10.0 Å². The summed E-state index contributed by atoms with van der Waals surface area (Å²) in [7, 11) is -3.68. The number of thiazole rings is 1. The molecule has 1 aliphatic heterocycles. The van der Waals surface area contributed by atoms with Gasteiger partial charge in [-0.3, -0.25) is 10.1 Å². The average molecular weight is 399 g/mol. The monoisotopic (exact) mass is 399 g/mol. The number of carbonyl (C=O) groups excluding carboxylic acids is 1. The Morgan fingerprint density at radius 2 is 1.93 bits per heavy atom. The van der Waals surface area contributed by atoms with Crippen LogP contribution in [0, 0.1) is 0 Å². The van der Waals surface area contributed by atoms with E-state index in [-0.39, 0.29) is 16.4 Å².